The number of carbonyl (C=O) groups is 1. The summed E-state index contributed by atoms with van der Waals surface area (Å²) in [5.74, 6) is -0.757. The van der Waals surface area contributed by atoms with Crippen LogP contribution in [0.5, 0.6) is 0 Å². The zero-order valence-electron chi connectivity index (χ0n) is 13.0. The number of carbonyl (C=O) groups excluding carboxylic acids is 1. The minimum atomic E-state index is -0.588. The number of benzene rings is 1. The summed E-state index contributed by atoms with van der Waals surface area (Å²) in [5, 5.41) is 16.7. The first-order valence-electron chi connectivity index (χ1n) is 7.41. The SMILES string of the molecule is CCCC(O)CNC(=O)c1c(C)nn(-c2ccc(F)cc2)c1Cl. The second-order valence-electron chi connectivity index (χ2n) is 5.29. The summed E-state index contributed by atoms with van der Waals surface area (Å²) in [6.07, 6.45) is 0.858. The number of halogens is 2. The Morgan fingerprint density at radius 3 is 2.70 bits per heavy atom. The highest BCUT2D eigenvalue weighted by Crippen LogP contribution is 2.23. The number of hydrogen-bond donors (Lipinski definition) is 2. The zero-order valence-corrected chi connectivity index (χ0v) is 13.8. The molecule has 0 spiro atoms. The van der Waals surface area contributed by atoms with Crippen molar-refractivity contribution < 1.29 is 14.3 Å². The van der Waals surface area contributed by atoms with Crippen LogP contribution in [-0.4, -0.2) is 33.4 Å². The minimum absolute atomic E-state index is 0.150. The smallest absolute Gasteiger partial charge is 0.256 e. The number of nitrogens with zero attached hydrogens (tertiary/aromatic N) is 2. The third kappa shape index (κ3) is 4.09. The van der Waals surface area contributed by atoms with Crippen LogP contribution in [0.25, 0.3) is 5.69 Å². The van der Waals surface area contributed by atoms with Crippen molar-refractivity contribution in [3.63, 3.8) is 0 Å². The number of hydrogen-bond acceptors (Lipinski definition) is 3. The lowest BCUT2D eigenvalue weighted by atomic mass is 10.2. The van der Waals surface area contributed by atoms with Crippen LogP contribution in [0.4, 0.5) is 4.39 Å². The van der Waals surface area contributed by atoms with Crippen molar-refractivity contribution in [1.29, 1.82) is 0 Å². The van der Waals surface area contributed by atoms with Gasteiger partial charge in [0.05, 0.1) is 23.0 Å². The summed E-state index contributed by atoms with van der Waals surface area (Å²) >= 11 is 6.26. The molecule has 7 heteroatoms. The Balaban J connectivity index is 2.20. The summed E-state index contributed by atoms with van der Waals surface area (Å²) in [6, 6.07) is 5.65. The minimum Gasteiger partial charge on any atom is -0.391 e. The van der Waals surface area contributed by atoms with Gasteiger partial charge in [-0.25, -0.2) is 9.07 Å². The number of aliphatic hydroxyl groups is 1. The highest BCUT2D eigenvalue weighted by Gasteiger charge is 2.21. The van der Waals surface area contributed by atoms with Crippen LogP contribution in [0.2, 0.25) is 5.15 Å². The van der Waals surface area contributed by atoms with Gasteiger partial charge in [-0.3, -0.25) is 4.79 Å². The molecule has 1 aromatic heterocycles. The fourth-order valence-electron chi connectivity index (χ4n) is 2.24. The molecule has 1 unspecified atom stereocenters. The van der Waals surface area contributed by atoms with E-state index in [9.17, 15) is 14.3 Å². The molecule has 0 saturated carbocycles. The van der Waals surface area contributed by atoms with E-state index < -0.39 is 12.0 Å². The fourth-order valence-corrected chi connectivity index (χ4v) is 2.60. The summed E-state index contributed by atoms with van der Waals surface area (Å²) < 4.78 is 14.4. The second-order valence-corrected chi connectivity index (χ2v) is 5.65. The van der Waals surface area contributed by atoms with Gasteiger partial charge in [0.1, 0.15) is 11.0 Å². The lowest BCUT2D eigenvalue weighted by Gasteiger charge is -2.10. The maximum atomic E-state index is 13.0. The van der Waals surface area contributed by atoms with E-state index in [0.29, 0.717) is 17.8 Å². The summed E-state index contributed by atoms with van der Waals surface area (Å²) in [4.78, 5) is 12.3. The molecule has 0 fully saturated rings. The van der Waals surface area contributed by atoms with Gasteiger partial charge in [-0.15, -0.1) is 0 Å². The lowest BCUT2D eigenvalue weighted by Crippen LogP contribution is -2.32. The summed E-state index contributed by atoms with van der Waals surface area (Å²) in [6.45, 7) is 3.78. The van der Waals surface area contributed by atoms with Crippen molar-refractivity contribution in [2.75, 3.05) is 6.54 Å². The van der Waals surface area contributed by atoms with Crippen LogP contribution in [0, 0.1) is 12.7 Å². The third-order valence-electron chi connectivity index (χ3n) is 3.42. The molecule has 1 amide bonds. The molecule has 0 aliphatic heterocycles. The molecule has 0 bridgehead atoms. The standard InChI is InChI=1S/C16H19ClFN3O2/c1-3-4-13(22)9-19-16(23)14-10(2)20-21(15(14)17)12-7-5-11(18)6-8-12/h5-8,13,22H,3-4,9H2,1-2H3,(H,19,23). The maximum Gasteiger partial charge on any atom is 0.256 e. The van der Waals surface area contributed by atoms with Crippen molar-refractivity contribution in [2.24, 2.45) is 0 Å². The molecule has 0 aliphatic rings. The van der Waals surface area contributed by atoms with Gasteiger partial charge in [0.15, 0.2) is 0 Å². The molecular weight excluding hydrogens is 321 g/mol. The van der Waals surface area contributed by atoms with Gasteiger partial charge in [0.2, 0.25) is 0 Å². The van der Waals surface area contributed by atoms with Crippen molar-refractivity contribution in [3.8, 4) is 5.69 Å². The molecule has 124 valence electrons. The Bertz CT molecular complexity index is 685. The van der Waals surface area contributed by atoms with Crippen molar-refractivity contribution in [3.05, 3.63) is 46.5 Å². The molecule has 5 nitrogen and oxygen atoms in total. The molecule has 2 aromatic rings. The van der Waals surface area contributed by atoms with Crippen molar-refractivity contribution in [2.45, 2.75) is 32.8 Å². The molecular formula is C16H19ClFN3O2. The Kier molecular flexibility index (Phi) is 5.74. The van der Waals surface area contributed by atoms with Crippen LogP contribution >= 0.6 is 11.6 Å². The number of aryl methyl sites for hydroxylation is 1. The fraction of sp³-hybridized carbons (Fsp3) is 0.375. The third-order valence-corrected chi connectivity index (χ3v) is 3.77. The molecule has 0 saturated heterocycles. The molecule has 0 aliphatic carbocycles. The lowest BCUT2D eigenvalue weighted by molar-refractivity contribution is 0.0909. The number of nitrogens with one attached hydrogen (secondary N) is 1. The van der Waals surface area contributed by atoms with E-state index in [1.165, 1.54) is 28.9 Å². The van der Waals surface area contributed by atoms with Crippen LogP contribution in [0.3, 0.4) is 0 Å². The topological polar surface area (TPSA) is 67.2 Å². The van der Waals surface area contributed by atoms with Crippen molar-refractivity contribution >= 4 is 17.5 Å². The average molecular weight is 340 g/mol. The van der Waals surface area contributed by atoms with Gasteiger partial charge in [0.25, 0.3) is 5.91 Å². The second kappa shape index (κ2) is 7.57. The van der Waals surface area contributed by atoms with Gasteiger partial charge >= 0.3 is 0 Å². The summed E-state index contributed by atoms with van der Waals surface area (Å²) in [5.41, 5.74) is 1.27. The van der Waals surface area contributed by atoms with Gasteiger partial charge in [-0.05, 0) is 37.6 Å². The Morgan fingerprint density at radius 2 is 2.09 bits per heavy atom. The van der Waals surface area contributed by atoms with E-state index >= 15 is 0 Å². The molecule has 0 radical (unpaired) electrons. The quantitative estimate of drug-likeness (QED) is 0.850. The molecule has 2 rings (SSSR count). The number of aliphatic hydroxyl groups excluding tert-OH is 1. The van der Waals surface area contributed by atoms with E-state index in [2.05, 4.69) is 10.4 Å². The van der Waals surface area contributed by atoms with E-state index in [4.69, 9.17) is 11.6 Å². The zero-order chi connectivity index (χ0) is 17.0. The van der Waals surface area contributed by atoms with Gasteiger partial charge in [-0.2, -0.15) is 5.10 Å². The van der Waals surface area contributed by atoms with Gasteiger partial charge < -0.3 is 10.4 Å². The predicted molar refractivity (Wildman–Crippen MR) is 86.5 cm³/mol. The first-order valence-corrected chi connectivity index (χ1v) is 7.79. The number of amides is 1. The monoisotopic (exact) mass is 339 g/mol. The first kappa shape index (κ1) is 17.4. The molecule has 1 atom stereocenters. The molecule has 2 N–H and O–H groups in total. The van der Waals surface area contributed by atoms with E-state index in [1.807, 2.05) is 6.92 Å². The Labute approximate surface area is 139 Å². The predicted octanol–water partition coefficient (Wildman–Crippen LogP) is 2.86. The Hall–Kier alpha value is -1.92. The van der Waals surface area contributed by atoms with E-state index in [1.54, 1.807) is 6.92 Å². The maximum absolute atomic E-state index is 13.0. The molecule has 1 heterocycles. The van der Waals surface area contributed by atoms with Crippen LogP contribution in [-0.2, 0) is 0 Å². The van der Waals surface area contributed by atoms with Crippen LogP contribution in [0.1, 0.15) is 35.8 Å². The van der Waals surface area contributed by atoms with Gasteiger partial charge in [0, 0.05) is 6.54 Å². The highest BCUT2D eigenvalue weighted by molar-refractivity contribution is 6.33. The first-order chi connectivity index (χ1) is 10.9. The normalized spacial score (nSPS) is 12.2. The molecule has 23 heavy (non-hydrogen) atoms. The van der Waals surface area contributed by atoms with E-state index in [-0.39, 0.29) is 23.1 Å². The van der Waals surface area contributed by atoms with Crippen LogP contribution < -0.4 is 5.32 Å². The average Bonchev–Trinajstić information content (AvgIpc) is 2.81. The van der Waals surface area contributed by atoms with Crippen LogP contribution in [0.15, 0.2) is 24.3 Å². The van der Waals surface area contributed by atoms with Crippen molar-refractivity contribution in [1.82, 2.24) is 15.1 Å². The summed E-state index contributed by atoms with van der Waals surface area (Å²) in [7, 11) is 0. The van der Waals surface area contributed by atoms with Gasteiger partial charge in [-0.1, -0.05) is 24.9 Å². The highest BCUT2D eigenvalue weighted by atomic mass is 35.5. The largest absolute Gasteiger partial charge is 0.391 e. The van der Waals surface area contributed by atoms with E-state index in [0.717, 1.165) is 6.42 Å². The Morgan fingerprint density at radius 1 is 1.43 bits per heavy atom. The molecule has 1 aromatic carbocycles. The number of rotatable bonds is 6. The number of aromatic nitrogens is 2.